The number of ketones is 1. The summed E-state index contributed by atoms with van der Waals surface area (Å²) in [4.78, 5) is 12.7. The second-order valence-electron chi connectivity index (χ2n) is 5.14. The Morgan fingerprint density at radius 2 is 1.70 bits per heavy atom. The lowest BCUT2D eigenvalue weighted by molar-refractivity contribution is -0.116. The van der Waals surface area contributed by atoms with E-state index in [1.807, 2.05) is 44.2 Å². The quantitative estimate of drug-likeness (QED) is 0.802. The largest absolute Gasteiger partial charge is 0.505 e. The number of phenolic OH excluding ortho intramolecular Hbond substituents is 1. The smallest absolute Gasteiger partial charge is 0.146 e. The Morgan fingerprint density at radius 3 is 2.22 bits per heavy atom. The molecule has 1 aromatic heterocycles. The normalized spacial score (nSPS) is 10.3. The van der Waals surface area contributed by atoms with Crippen molar-refractivity contribution in [2.24, 2.45) is 0 Å². The summed E-state index contributed by atoms with van der Waals surface area (Å²) in [6.45, 7) is 7.34. The van der Waals surface area contributed by atoms with Crippen molar-refractivity contribution in [3.63, 3.8) is 0 Å². The summed E-state index contributed by atoms with van der Waals surface area (Å²) in [6.07, 6.45) is 0.328. The van der Waals surface area contributed by atoms with Gasteiger partial charge in [0.1, 0.15) is 28.3 Å². The Labute approximate surface area is 135 Å². The first kappa shape index (κ1) is 16.7. The average Bonchev–Trinajstić information content (AvgIpc) is 2.96. The topological polar surface area (TPSA) is 68.0 Å². The van der Waals surface area contributed by atoms with Crippen molar-refractivity contribution in [3.8, 4) is 11.4 Å². The van der Waals surface area contributed by atoms with Crippen molar-refractivity contribution in [2.45, 2.75) is 34.1 Å². The summed E-state index contributed by atoms with van der Waals surface area (Å²) in [5, 5.41) is 19.0. The number of hydrogen-bond acceptors (Lipinski definition) is 4. The molecule has 0 spiro atoms. The second-order valence-corrected chi connectivity index (χ2v) is 5.14. The van der Waals surface area contributed by atoms with Crippen LogP contribution in [0.2, 0.25) is 0 Å². The fourth-order valence-corrected chi connectivity index (χ4v) is 2.34. The third-order valence-corrected chi connectivity index (χ3v) is 3.30. The third kappa shape index (κ3) is 3.56. The molecule has 0 amide bonds. The minimum atomic E-state index is 0.0737. The number of hydrogen-bond donors (Lipinski definition) is 1. The van der Waals surface area contributed by atoms with Crippen molar-refractivity contribution in [1.82, 2.24) is 15.0 Å². The van der Waals surface area contributed by atoms with Gasteiger partial charge in [-0.3, -0.25) is 4.79 Å². The van der Waals surface area contributed by atoms with Gasteiger partial charge in [0.05, 0.1) is 0 Å². The monoisotopic (exact) mass is 311 g/mol. The number of Topliss-reactive ketones (excluding diaryl/α,β-unsaturated/α-hetero) is 1. The lowest BCUT2D eigenvalue weighted by Crippen LogP contribution is -2.03. The highest BCUT2D eigenvalue weighted by Gasteiger charge is 2.13. The van der Waals surface area contributed by atoms with Crippen molar-refractivity contribution in [3.05, 3.63) is 47.5 Å². The Balaban J connectivity index is 0.000000924. The minimum absolute atomic E-state index is 0.0737. The van der Waals surface area contributed by atoms with Crippen molar-refractivity contribution >= 4 is 16.8 Å². The van der Waals surface area contributed by atoms with Gasteiger partial charge in [-0.25, -0.2) is 0 Å². The van der Waals surface area contributed by atoms with Crippen molar-refractivity contribution in [2.75, 3.05) is 0 Å². The van der Waals surface area contributed by atoms with Crippen LogP contribution in [0.25, 0.3) is 16.7 Å². The zero-order chi connectivity index (χ0) is 17.0. The summed E-state index contributed by atoms with van der Waals surface area (Å²) in [5.74, 6) is 0.201. The zero-order valence-electron chi connectivity index (χ0n) is 13.9. The number of aryl methyl sites for hydroxylation is 1. The molecule has 0 aliphatic rings. The fraction of sp³-hybridized carbons (Fsp3) is 0.278. The Bertz CT molecular complexity index is 804. The molecule has 1 heterocycles. The van der Waals surface area contributed by atoms with Gasteiger partial charge in [0.25, 0.3) is 0 Å². The first-order valence-corrected chi connectivity index (χ1v) is 7.69. The minimum Gasteiger partial charge on any atom is -0.505 e. The molecule has 0 fully saturated rings. The fourth-order valence-electron chi connectivity index (χ4n) is 2.34. The van der Waals surface area contributed by atoms with E-state index in [-0.39, 0.29) is 11.5 Å². The van der Waals surface area contributed by atoms with E-state index in [4.69, 9.17) is 0 Å². The molecule has 120 valence electrons. The molecule has 2 aromatic carbocycles. The first-order valence-electron chi connectivity index (χ1n) is 7.69. The second kappa shape index (κ2) is 7.05. The third-order valence-electron chi connectivity index (χ3n) is 3.30. The van der Waals surface area contributed by atoms with Gasteiger partial charge >= 0.3 is 0 Å². The molecular formula is C18H21N3O2. The molecule has 0 saturated heterocycles. The van der Waals surface area contributed by atoms with Crippen LogP contribution >= 0.6 is 0 Å². The molecule has 3 aromatic rings. The molecule has 0 atom stereocenters. The van der Waals surface area contributed by atoms with E-state index in [2.05, 4.69) is 10.2 Å². The highest BCUT2D eigenvalue weighted by molar-refractivity contribution is 5.79. The van der Waals surface area contributed by atoms with Crippen LogP contribution in [0.1, 0.15) is 31.9 Å². The van der Waals surface area contributed by atoms with E-state index in [1.54, 1.807) is 19.9 Å². The number of phenols is 1. The maximum atomic E-state index is 11.3. The number of rotatable bonds is 3. The zero-order valence-corrected chi connectivity index (χ0v) is 13.9. The van der Waals surface area contributed by atoms with Gasteiger partial charge in [-0.2, -0.15) is 0 Å². The molecule has 0 saturated carbocycles. The van der Waals surface area contributed by atoms with Gasteiger partial charge in [-0.15, -0.1) is 15.0 Å². The molecule has 0 aliphatic carbocycles. The Morgan fingerprint density at radius 1 is 1.13 bits per heavy atom. The van der Waals surface area contributed by atoms with Crippen LogP contribution in [-0.4, -0.2) is 25.9 Å². The number of carbonyl (C=O) groups excluding carboxylic acids is 1. The number of aromatic hydroxyl groups is 1. The summed E-state index contributed by atoms with van der Waals surface area (Å²) < 4.78 is 0. The molecule has 5 nitrogen and oxygen atoms in total. The van der Waals surface area contributed by atoms with Gasteiger partial charge in [0.15, 0.2) is 0 Å². The Hall–Kier alpha value is -2.69. The molecule has 5 heteroatoms. The van der Waals surface area contributed by atoms with Gasteiger partial charge < -0.3 is 5.11 Å². The molecule has 0 bridgehead atoms. The van der Waals surface area contributed by atoms with Crippen LogP contribution in [0.15, 0.2) is 36.4 Å². The first-order chi connectivity index (χ1) is 11.0. The average molecular weight is 311 g/mol. The van der Waals surface area contributed by atoms with Crippen LogP contribution in [-0.2, 0) is 11.2 Å². The van der Waals surface area contributed by atoms with Gasteiger partial charge in [0.2, 0.25) is 0 Å². The molecular weight excluding hydrogens is 290 g/mol. The number of carbonyl (C=O) groups is 1. The number of fused-ring (bicyclic) bond motifs is 1. The molecule has 0 radical (unpaired) electrons. The lowest BCUT2D eigenvalue weighted by atomic mass is 10.0. The number of aromatic nitrogens is 3. The maximum absolute atomic E-state index is 11.3. The lowest BCUT2D eigenvalue weighted by Gasteiger charge is -2.09. The standard InChI is InChI=1S/C16H15N3O2.C2H6/c1-10-7-12(8-11(2)20)9-15(16(10)21)19-17-13-5-3-4-6-14(13)18-19;1-2/h3-7,9,21H,8H2,1-2H3;1-2H3. The van der Waals surface area contributed by atoms with Crippen molar-refractivity contribution in [1.29, 1.82) is 0 Å². The van der Waals surface area contributed by atoms with Crippen LogP contribution < -0.4 is 0 Å². The Kier molecular flexibility index (Phi) is 5.11. The van der Waals surface area contributed by atoms with E-state index in [0.29, 0.717) is 17.7 Å². The van der Waals surface area contributed by atoms with Crippen LogP contribution in [0.5, 0.6) is 5.75 Å². The predicted molar refractivity (Wildman–Crippen MR) is 91.0 cm³/mol. The maximum Gasteiger partial charge on any atom is 0.146 e. The van der Waals surface area contributed by atoms with Crippen LogP contribution in [0, 0.1) is 6.92 Å². The predicted octanol–water partition coefficient (Wildman–Crippen LogP) is 3.59. The van der Waals surface area contributed by atoms with Gasteiger partial charge in [-0.05, 0) is 43.2 Å². The molecule has 0 unspecified atom stereocenters. The molecule has 3 rings (SSSR count). The van der Waals surface area contributed by atoms with Crippen LogP contribution in [0.3, 0.4) is 0 Å². The molecule has 1 N–H and O–H groups in total. The molecule has 23 heavy (non-hydrogen) atoms. The number of benzene rings is 2. The van der Waals surface area contributed by atoms with E-state index in [0.717, 1.165) is 16.6 Å². The van der Waals surface area contributed by atoms with E-state index >= 15 is 0 Å². The summed E-state index contributed by atoms with van der Waals surface area (Å²) in [7, 11) is 0. The molecule has 0 aliphatic heterocycles. The summed E-state index contributed by atoms with van der Waals surface area (Å²) in [6, 6.07) is 11.1. The van der Waals surface area contributed by atoms with E-state index in [9.17, 15) is 9.90 Å². The van der Waals surface area contributed by atoms with E-state index < -0.39 is 0 Å². The van der Waals surface area contributed by atoms with Crippen molar-refractivity contribution < 1.29 is 9.90 Å². The SMILES string of the molecule is CC.CC(=O)Cc1cc(C)c(O)c(-n2nc3ccccc3n2)c1. The van der Waals surface area contributed by atoms with Crippen LogP contribution in [0.4, 0.5) is 0 Å². The number of nitrogens with zero attached hydrogens (tertiary/aromatic N) is 3. The summed E-state index contributed by atoms with van der Waals surface area (Å²) in [5.41, 5.74) is 3.54. The van der Waals surface area contributed by atoms with E-state index in [1.165, 1.54) is 4.80 Å². The summed E-state index contributed by atoms with van der Waals surface area (Å²) >= 11 is 0. The highest BCUT2D eigenvalue weighted by Crippen LogP contribution is 2.27. The van der Waals surface area contributed by atoms with Gasteiger partial charge in [-0.1, -0.05) is 32.0 Å². The van der Waals surface area contributed by atoms with Gasteiger partial charge in [0, 0.05) is 6.42 Å². The highest BCUT2D eigenvalue weighted by atomic mass is 16.3.